The van der Waals surface area contributed by atoms with Crippen molar-refractivity contribution in [2.75, 3.05) is 13.6 Å². The average molecular weight is 325 g/mol. The van der Waals surface area contributed by atoms with E-state index in [1.54, 1.807) is 31.3 Å². The van der Waals surface area contributed by atoms with Crippen LogP contribution in [0.1, 0.15) is 43.5 Å². The number of thiol groups is 1. The molecule has 1 unspecified atom stereocenters. The molecule has 0 bridgehead atoms. The fraction of sp³-hybridized carbons (Fsp3) is 0.500. The third-order valence-electron chi connectivity index (χ3n) is 3.03. The Bertz CT molecular complexity index is 449. The quantitative estimate of drug-likeness (QED) is 0.435. The molecule has 22 heavy (non-hydrogen) atoms. The van der Waals surface area contributed by atoms with Gasteiger partial charge in [-0.3, -0.25) is 9.59 Å². The van der Waals surface area contributed by atoms with Crippen molar-refractivity contribution in [2.45, 2.75) is 44.0 Å². The van der Waals surface area contributed by atoms with Gasteiger partial charge < -0.3 is 16.4 Å². The first-order valence-electron chi connectivity index (χ1n) is 7.58. The van der Waals surface area contributed by atoms with Crippen molar-refractivity contribution in [3.8, 4) is 0 Å². The lowest BCUT2D eigenvalue weighted by atomic mass is 10.1. The third-order valence-corrected chi connectivity index (χ3v) is 3.32. The van der Waals surface area contributed by atoms with Crippen LogP contribution in [0.3, 0.4) is 0 Å². The van der Waals surface area contributed by atoms with Gasteiger partial charge in [0, 0.05) is 17.0 Å². The second kappa shape index (κ2) is 12.1. The monoisotopic (exact) mass is 325 g/mol. The lowest BCUT2D eigenvalue weighted by molar-refractivity contribution is -0.120. The molecule has 0 aliphatic rings. The van der Waals surface area contributed by atoms with E-state index in [4.69, 9.17) is 5.73 Å². The molecule has 0 aliphatic heterocycles. The zero-order valence-electron chi connectivity index (χ0n) is 13.6. The highest BCUT2D eigenvalue weighted by Gasteiger charge is 2.11. The molecule has 124 valence electrons. The van der Waals surface area contributed by atoms with Crippen molar-refractivity contribution < 1.29 is 9.59 Å². The maximum atomic E-state index is 11.8. The summed E-state index contributed by atoms with van der Waals surface area (Å²) < 4.78 is 0. The summed E-state index contributed by atoms with van der Waals surface area (Å²) in [7, 11) is 1.71. The van der Waals surface area contributed by atoms with Crippen molar-refractivity contribution in [3.63, 3.8) is 0 Å². The summed E-state index contributed by atoms with van der Waals surface area (Å²) in [5.41, 5.74) is 5.84. The smallest absolute Gasteiger partial charge is 0.251 e. The average Bonchev–Trinajstić information content (AvgIpc) is 2.53. The van der Waals surface area contributed by atoms with Crippen molar-refractivity contribution in [2.24, 2.45) is 5.73 Å². The summed E-state index contributed by atoms with van der Waals surface area (Å²) in [4.78, 5) is 23.6. The summed E-state index contributed by atoms with van der Waals surface area (Å²) in [5, 5.41) is 5.70. The fourth-order valence-corrected chi connectivity index (χ4v) is 1.97. The summed E-state index contributed by atoms with van der Waals surface area (Å²) >= 11 is 4.17. The van der Waals surface area contributed by atoms with Gasteiger partial charge >= 0.3 is 0 Å². The largest absolute Gasteiger partial charge is 0.368 e. The van der Waals surface area contributed by atoms with Gasteiger partial charge in [-0.1, -0.05) is 13.8 Å². The van der Waals surface area contributed by atoms with Crippen LogP contribution < -0.4 is 16.4 Å². The van der Waals surface area contributed by atoms with E-state index < -0.39 is 0 Å². The van der Waals surface area contributed by atoms with Crippen molar-refractivity contribution in [3.05, 3.63) is 29.8 Å². The normalized spacial score (nSPS) is 11.1. The predicted octanol–water partition coefficient (Wildman–Crippen LogP) is 1.97. The Kier molecular flexibility index (Phi) is 11.2. The maximum absolute atomic E-state index is 11.8. The van der Waals surface area contributed by atoms with Crippen LogP contribution in [0.25, 0.3) is 0 Å². The third kappa shape index (κ3) is 8.05. The first-order valence-corrected chi connectivity index (χ1v) is 8.03. The molecular weight excluding hydrogens is 298 g/mol. The van der Waals surface area contributed by atoms with E-state index in [2.05, 4.69) is 23.3 Å². The highest BCUT2D eigenvalue weighted by atomic mass is 32.1. The molecule has 2 amide bonds. The number of rotatable bonds is 8. The number of nitrogens with two attached hydrogens (primary N) is 1. The van der Waals surface area contributed by atoms with Crippen LogP contribution in [0.15, 0.2) is 29.2 Å². The minimum Gasteiger partial charge on any atom is -0.368 e. The second-order valence-electron chi connectivity index (χ2n) is 4.54. The molecule has 0 spiro atoms. The Hall–Kier alpha value is -1.53. The number of primary amides is 1. The molecule has 0 fully saturated rings. The highest BCUT2D eigenvalue weighted by Crippen LogP contribution is 2.07. The van der Waals surface area contributed by atoms with E-state index in [1.165, 1.54) is 0 Å². The van der Waals surface area contributed by atoms with Gasteiger partial charge in [0.15, 0.2) is 0 Å². The van der Waals surface area contributed by atoms with Crippen LogP contribution in [-0.2, 0) is 4.79 Å². The van der Waals surface area contributed by atoms with Gasteiger partial charge in [0.05, 0.1) is 6.04 Å². The molecule has 4 N–H and O–H groups in total. The molecule has 1 atom stereocenters. The molecule has 6 heteroatoms. The standard InChI is InChI=1S/C14H21N3O2S.C2H6/c1-16-12(13(15)18)4-2-3-9-17-14(19)10-5-7-11(20)8-6-10;1-2/h5-8,12,16,20H,2-4,9H2,1H3,(H2,15,18)(H,17,19);1-2H3. The minimum absolute atomic E-state index is 0.0987. The van der Waals surface area contributed by atoms with E-state index in [-0.39, 0.29) is 17.9 Å². The van der Waals surface area contributed by atoms with E-state index >= 15 is 0 Å². The number of benzene rings is 1. The Balaban J connectivity index is 0.00000211. The fourth-order valence-electron chi connectivity index (χ4n) is 1.82. The molecule has 1 aromatic rings. The lowest BCUT2D eigenvalue weighted by Gasteiger charge is -2.11. The maximum Gasteiger partial charge on any atom is 0.251 e. The summed E-state index contributed by atoms with van der Waals surface area (Å²) in [6, 6.07) is 6.74. The van der Waals surface area contributed by atoms with Gasteiger partial charge in [0.1, 0.15) is 0 Å². The van der Waals surface area contributed by atoms with Crippen molar-refractivity contribution >= 4 is 24.4 Å². The molecule has 5 nitrogen and oxygen atoms in total. The van der Waals surface area contributed by atoms with Crippen molar-refractivity contribution in [1.29, 1.82) is 0 Å². The number of nitrogens with one attached hydrogen (secondary N) is 2. The van der Waals surface area contributed by atoms with Crippen LogP contribution in [0.4, 0.5) is 0 Å². The Morgan fingerprint density at radius 1 is 1.18 bits per heavy atom. The first-order chi connectivity index (χ1) is 10.5. The number of carbonyl (C=O) groups excluding carboxylic acids is 2. The molecule has 0 aliphatic carbocycles. The Morgan fingerprint density at radius 3 is 2.27 bits per heavy atom. The topological polar surface area (TPSA) is 84.2 Å². The molecule has 0 heterocycles. The summed E-state index contributed by atoms with van der Waals surface area (Å²) in [6.45, 7) is 4.58. The minimum atomic E-state index is -0.344. The van der Waals surface area contributed by atoms with Crippen LogP contribution in [0.2, 0.25) is 0 Å². The number of carbonyl (C=O) groups is 2. The number of likely N-dealkylation sites (N-methyl/N-ethyl adjacent to an activating group) is 1. The Labute approximate surface area is 138 Å². The lowest BCUT2D eigenvalue weighted by Crippen LogP contribution is -2.39. The van der Waals surface area contributed by atoms with Crippen LogP contribution in [-0.4, -0.2) is 31.4 Å². The van der Waals surface area contributed by atoms with E-state index in [1.807, 2.05) is 13.8 Å². The van der Waals surface area contributed by atoms with E-state index in [9.17, 15) is 9.59 Å². The number of hydrogen-bond donors (Lipinski definition) is 4. The zero-order valence-corrected chi connectivity index (χ0v) is 14.5. The van der Waals surface area contributed by atoms with Gasteiger partial charge in [-0.05, 0) is 50.6 Å². The van der Waals surface area contributed by atoms with Gasteiger partial charge in [-0.25, -0.2) is 0 Å². The molecule has 1 aromatic carbocycles. The first kappa shape index (κ1) is 20.5. The van der Waals surface area contributed by atoms with Crippen LogP contribution >= 0.6 is 12.6 Å². The molecule has 0 radical (unpaired) electrons. The summed E-state index contributed by atoms with van der Waals surface area (Å²) in [5.74, 6) is -0.443. The zero-order chi connectivity index (χ0) is 17.0. The number of unbranched alkanes of at least 4 members (excludes halogenated alkanes) is 1. The van der Waals surface area contributed by atoms with Crippen LogP contribution in [0, 0.1) is 0 Å². The highest BCUT2D eigenvalue weighted by molar-refractivity contribution is 7.80. The molecule has 0 aromatic heterocycles. The molecule has 0 saturated heterocycles. The molecular formula is C16H27N3O2S. The van der Waals surface area contributed by atoms with Gasteiger partial charge in [-0.2, -0.15) is 0 Å². The van der Waals surface area contributed by atoms with Crippen molar-refractivity contribution in [1.82, 2.24) is 10.6 Å². The molecule has 1 rings (SSSR count). The Morgan fingerprint density at radius 2 is 1.77 bits per heavy atom. The predicted molar refractivity (Wildman–Crippen MR) is 93.3 cm³/mol. The van der Waals surface area contributed by atoms with Gasteiger partial charge in [0.2, 0.25) is 5.91 Å². The van der Waals surface area contributed by atoms with Crippen LogP contribution in [0.5, 0.6) is 0 Å². The number of hydrogen-bond acceptors (Lipinski definition) is 4. The van der Waals surface area contributed by atoms with E-state index in [0.29, 0.717) is 18.5 Å². The van der Waals surface area contributed by atoms with E-state index in [0.717, 1.165) is 17.7 Å². The summed E-state index contributed by atoms with van der Waals surface area (Å²) in [6.07, 6.45) is 2.31. The van der Waals surface area contributed by atoms with Gasteiger partial charge in [-0.15, -0.1) is 12.6 Å². The number of amides is 2. The SMILES string of the molecule is CC.CNC(CCCCNC(=O)c1ccc(S)cc1)C(N)=O. The second-order valence-corrected chi connectivity index (χ2v) is 5.06. The van der Waals surface area contributed by atoms with Gasteiger partial charge in [0.25, 0.3) is 5.91 Å². The molecule has 0 saturated carbocycles.